The highest BCUT2D eigenvalue weighted by Crippen LogP contribution is 2.40. The first kappa shape index (κ1) is 20.1. The topological polar surface area (TPSA) is 64.5 Å². The first-order chi connectivity index (χ1) is 13.6. The van der Waals surface area contributed by atoms with E-state index in [1.54, 1.807) is 25.6 Å². The Labute approximate surface area is 169 Å². The van der Waals surface area contributed by atoms with Gasteiger partial charge in [-0.3, -0.25) is 0 Å². The number of fused-ring (bicyclic) bond motifs is 1. The van der Waals surface area contributed by atoms with Crippen molar-refractivity contribution in [1.82, 2.24) is 9.97 Å². The van der Waals surface area contributed by atoms with Gasteiger partial charge >= 0.3 is 0 Å². The molecule has 0 amide bonds. The molecule has 1 aliphatic rings. The smallest absolute Gasteiger partial charge is 0.161 e. The molecule has 1 atom stereocenters. The van der Waals surface area contributed by atoms with Crippen molar-refractivity contribution in [3.8, 4) is 22.6 Å². The molecule has 4 rings (SSSR count). The summed E-state index contributed by atoms with van der Waals surface area (Å²) < 4.78 is 12.0. The second-order valence-corrected chi connectivity index (χ2v) is 7.71. The highest BCUT2D eigenvalue weighted by Gasteiger charge is 2.24. The van der Waals surface area contributed by atoms with E-state index >= 15 is 0 Å². The molecule has 1 fully saturated rings. The minimum absolute atomic E-state index is 0.714. The molecule has 3 aromatic rings. The minimum atomic E-state index is 0.714. The molecule has 1 saturated heterocycles. The van der Waals surface area contributed by atoms with Crippen LogP contribution in [-0.4, -0.2) is 44.1 Å². The Morgan fingerprint density at radius 1 is 1.18 bits per heavy atom. The molecule has 3 heterocycles. The van der Waals surface area contributed by atoms with Crippen LogP contribution in [0.1, 0.15) is 19.2 Å². The fourth-order valence-electron chi connectivity index (χ4n) is 3.56. The molecular weight excluding hydrogens is 374 g/mol. The lowest BCUT2D eigenvalue weighted by atomic mass is 10.1. The van der Waals surface area contributed by atoms with Crippen LogP contribution in [0.4, 0.5) is 5.82 Å². The zero-order chi connectivity index (χ0) is 20.3. The van der Waals surface area contributed by atoms with E-state index in [0.29, 0.717) is 5.92 Å². The van der Waals surface area contributed by atoms with E-state index in [0.717, 1.165) is 57.6 Å². The Hall–Kier alpha value is -2.67. The summed E-state index contributed by atoms with van der Waals surface area (Å²) in [5.41, 5.74) is 3.21. The first-order valence-electron chi connectivity index (χ1n) is 9.12. The zero-order valence-corrected chi connectivity index (χ0v) is 17.5. The van der Waals surface area contributed by atoms with E-state index in [9.17, 15) is 0 Å². The summed E-state index contributed by atoms with van der Waals surface area (Å²) in [6.45, 7) is 8.40. The quantitative estimate of drug-likeness (QED) is 0.650. The van der Waals surface area contributed by atoms with Gasteiger partial charge in [-0.25, -0.2) is 9.97 Å². The third-order valence-corrected chi connectivity index (χ3v) is 5.89. The van der Waals surface area contributed by atoms with E-state index in [1.807, 2.05) is 25.8 Å². The second kappa shape index (κ2) is 8.56. The average Bonchev–Trinajstić information content (AvgIpc) is 3.34. The van der Waals surface area contributed by atoms with Gasteiger partial charge in [0.05, 0.1) is 24.4 Å². The fourth-order valence-corrected chi connectivity index (χ4v) is 4.59. The molecule has 1 aromatic carbocycles. The van der Waals surface area contributed by atoms with Gasteiger partial charge in [-0.05, 0) is 37.0 Å². The third-order valence-electron chi connectivity index (χ3n) is 4.93. The number of benzene rings is 1. The van der Waals surface area contributed by atoms with Crippen molar-refractivity contribution in [2.75, 3.05) is 32.2 Å². The van der Waals surface area contributed by atoms with Crippen LogP contribution in [0.2, 0.25) is 0 Å². The van der Waals surface area contributed by atoms with Crippen LogP contribution in [0.5, 0.6) is 11.5 Å². The number of carbonyl (C=O) groups excluding carboxylic acids is 1. The standard InChI is InChI=1S/C20H23N3O2S.CH2O/c1-12-7-8-23(10-12)20-19-18(21-13(2)22-20)15(11-26-19)14-5-6-16(24-3)17(9-14)25-4;1-2/h5-6,9,11-12H,7-8,10H2,1-4H3;1H2. The summed E-state index contributed by atoms with van der Waals surface area (Å²) in [5.74, 6) is 4.06. The molecule has 148 valence electrons. The maximum Gasteiger partial charge on any atom is 0.161 e. The van der Waals surface area contributed by atoms with Crippen LogP contribution < -0.4 is 14.4 Å². The molecule has 0 radical (unpaired) electrons. The van der Waals surface area contributed by atoms with Gasteiger partial charge < -0.3 is 19.2 Å². The molecule has 0 N–H and O–H groups in total. The molecule has 0 spiro atoms. The number of nitrogens with zero attached hydrogens (tertiary/aromatic N) is 3. The van der Waals surface area contributed by atoms with Gasteiger partial charge in [-0.2, -0.15) is 0 Å². The molecule has 7 heteroatoms. The maximum absolute atomic E-state index is 8.00. The van der Waals surface area contributed by atoms with Gasteiger partial charge in [0.15, 0.2) is 11.5 Å². The van der Waals surface area contributed by atoms with Gasteiger partial charge in [0, 0.05) is 24.0 Å². The van der Waals surface area contributed by atoms with Crippen molar-refractivity contribution in [1.29, 1.82) is 0 Å². The Morgan fingerprint density at radius 3 is 2.57 bits per heavy atom. The van der Waals surface area contributed by atoms with Crippen molar-refractivity contribution < 1.29 is 14.3 Å². The highest BCUT2D eigenvalue weighted by atomic mass is 32.1. The van der Waals surface area contributed by atoms with E-state index in [2.05, 4.69) is 23.3 Å². The Kier molecular flexibility index (Phi) is 6.14. The zero-order valence-electron chi connectivity index (χ0n) is 16.7. The maximum atomic E-state index is 8.00. The van der Waals surface area contributed by atoms with Crippen molar-refractivity contribution in [3.05, 3.63) is 29.4 Å². The number of aryl methyl sites for hydroxylation is 1. The van der Waals surface area contributed by atoms with Gasteiger partial charge in [0.1, 0.15) is 18.4 Å². The number of methoxy groups -OCH3 is 2. The predicted octanol–water partition coefficient (Wildman–Crippen LogP) is 4.35. The van der Waals surface area contributed by atoms with E-state index < -0.39 is 0 Å². The second-order valence-electron chi connectivity index (χ2n) is 6.83. The van der Waals surface area contributed by atoms with Crippen LogP contribution >= 0.6 is 11.3 Å². The number of anilines is 1. The van der Waals surface area contributed by atoms with Crippen LogP contribution in [-0.2, 0) is 4.79 Å². The van der Waals surface area contributed by atoms with Crippen LogP contribution in [0, 0.1) is 12.8 Å². The number of aromatic nitrogens is 2. The summed E-state index contributed by atoms with van der Waals surface area (Å²) in [4.78, 5) is 19.9. The van der Waals surface area contributed by atoms with Gasteiger partial charge in [0.2, 0.25) is 0 Å². The number of carbonyl (C=O) groups is 1. The molecule has 0 aliphatic carbocycles. The minimum Gasteiger partial charge on any atom is -0.493 e. The Morgan fingerprint density at radius 2 is 1.93 bits per heavy atom. The van der Waals surface area contributed by atoms with Crippen LogP contribution in [0.25, 0.3) is 21.3 Å². The molecule has 2 aromatic heterocycles. The number of hydrogen-bond acceptors (Lipinski definition) is 7. The molecule has 0 saturated carbocycles. The van der Waals surface area contributed by atoms with E-state index in [4.69, 9.17) is 24.2 Å². The SMILES string of the molecule is C=O.COc1ccc(-c2csc3c(N4CCC(C)C4)nc(C)nc23)cc1OC. The predicted molar refractivity (Wildman–Crippen MR) is 114 cm³/mol. The monoisotopic (exact) mass is 399 g/mol. The van der Waals surface area contributed by atoms with Gasteiger partial charge in [-0.15, -0.1) is 11.3 Å². The third kappa shape index (κ3) is 3.67. The van der Waals surface area contributed by atoms with Crippen molar-refractivity contribution in [3.63, 3.8) is 0 Å². The molecule has 28 heavy (non-hydrogen) atoms. The summed E-state index contributed by atoms with van der Waals surface area (Å²) in [5, 5.41) is 2.17. The molecule has 1 aliphatic heterocycles. The summed E-state index contributed by atoms with van der Waals surface area (Å²) >= 11 is 1.72. The number of thiophene rings is 1. The van der Waals surface area contributed by atoms with Gasteiger partial charge in [0.25, 0.3) is 0 Å². The Balaban J connectivity index is 0.00000109. The Bertz CT molecular complexity index is 973. The van der Waals surface area contributed by atoms with Crippen LogP contribution in [0.3, 0.4) is 0 Å². The molecule has 1 unspecified atom stereocenters. The summed E-state index contributed by atoms with van der Waals surface area (Å²) in [6.07, 6.45) is 1.22. The average molecular weight is 400 g/mol. The van der Waals surface area contributed by atoms with Gasteiger partial charge in [-0.1, -0.05) is 13.0 Å². The first-order valence-corrected chi connectivity index (χ1v) is 10.0. The molecule has 0 bridgehead atoms. The number of ether oxygens (including phenoxy) is 2. The highest BCUT2D eigenvalue weighted by molar-refractivity contribution is 7.18. The van der Waals surface area contributed by atoms with Crippen LogP contribution in [0.15, 0.2) is 23.6 Å². The normalized spacial score (nSPS) is 16.0. The van der Waals surface area contributed by atoms with Crippen molar-refractivity contribution >= 4 is 34.2 Å². The number of hydrogen-bond donors (Lipinski definition) is 0. The lowest BCUT2D eigenvalue weighted by molar-refractivity contribution is -0.0979. The lowest BCUT2D eigenvalue weighted by Crippen LogP contribution is -2.20. The lowest BCUT2D eigenvalue weighted by Gasteiger charge is -2.18. The summed E-state index contributed by atoms with van der Waals surface area (Å²) in [6, 6.07) is 6.00. The molecule has 6 nitrogen and oxygen atoms in total. The summed E-state index contributed by atoms with van der Waals surface area (Å²) in [7, 11) is 3.31. The van der Waals surface area contributed by atoms with Crippen molar-refractivity contribution in [2.45, 2.75) is 20.3 Å². The van der Waals surface area contributed by atoms with Crippen molar-refractivity contribution in [2.24, 2.45) is 5.92 Å². The van der Waals surface area contributed by atoms with E-state index in [-0.39, 0.29) is 0 Å². The van der Waals surface area contributed by atoms with E-state index in [1.165, 1.54) is 6.42 Å². The fraction of sp³-hybridized carbons (Fsp3) is 0.381. The largest absolute Gasteiger partial charge is 0.493 e. The molecular formula is C21H25N3O3S. The number of rotatable bonds is 4.